The van der Waals surface area contributed by atoms with Gasteiger partial charge < -0.3 is 18.3 Å². The summed E-state index contributed by atoms with van der Waals surface area (Å²) < 4.78 is 7.86. The number of benzene rings is 2. The summed E-state index contributed by atoms with van der Waals surface area (Å²) in [5, 5.41) is 0. The van der Waals surface area contributed by atoms with Crippen LogP contribution in [0.25, 0.3) is 23.0 Å². The SMILES string of the molecule is [c-]1n(-c2cccc(-c3cccc(-n4[c-][n+](Cc5ccccc5)cc4)n3)n2)cc[n+]1Cc1ccccc1. The van der Waals surface area contributed by atoms with Gasteiger partial charge in [-0.15, -0.1) is 0 Å². The Kier molecular flexibility index (Phi) is 5.90. The summed E-state index contributed by atoms with van der Waals surface area (Å²) in [7, 11) is 0. The molecule has 36 heavy (non-hydrogen) atoms. The van der Waals surface area contributed by atoms with Gasteiger partial charge in [0.1, 0.15) is 11.6 Å². The first kappa shape index (κ1) is 21.7. The van der Waals surface area contributed by atoms with Crippen LogP contribution in [0, 0.1) is 12.7 Å². The molecule has 6 rings (SSSR count). The van der Waals surface area contributed by atoms with Gasteiger partial charge in [0, 0.05) is 24.8 Å². The van der Waals surface area contributed by atoms with E-state index < -0.39 is 0 Å². The molecule has 0 N–H and O–H groups in total. The Hall–Kier alpha value is -4.84. The zero-order chi connectivity index (χ0) is 24.2. The maximum Gasteiger partial charge on any atom is 0.244 e. The van der Waals surface area contributed by atoms with E-state index in [4.69, 9.17) is 9.97 Å². The summed E-state index contributed by atoms with van der Waals surface area (Å²) in [6, 6.07) is 32.6. The van der Waals surface area contributed by atoms with Crippen LogP contribution in [0.1, 0.15) is 11.1 Å². The number of aromatic nitrogens is 6. The maximum atomic E-state index is 4.86. The Morgan fingerprint density at radius 2 is 0.972 bits per heavy atom. The molecule has 0 aliphatic rings. The predicted molar refractivity (Wildman–Crippen MR) is 135 cm³/mol. The molecule has 0 spiro atoms. The molecule has 6 nitrogen and oxygen atoms in total. The van der Waals surface area contributed by atoms with Gasteiger partial charge in [0.2, 0.25) is 12.7 Å². The molecule has 0 radical (unpaired) electrons. The Morgan fingerprint density at radius 3 is 1.42 bits per heavy atom. The van der Waals surface area contributed by atoms with Gasteiger partial charge >= 0.3 is 0 Å². The van der Waals surface area contributed by atoms with Crippen molar-refractivity contribution in [2.24, 2.45) is 0 Å². The normalized spacial score (nSPS) is 11.0. The highest BCUT2D eigenvalue weighted by Gasteiger charge is 2.08. The van der Waals surface area contributed by atoms with Crippen molar-refractivity contribution in [3.63, 3.8) is 0 Å². The van der Waals surface area contributed by atoms with E-state index in [1.54, 1.807) is 0 Å². The van der Waals surface area contributed by atoms with Gasteiger partial charge in [-0.1, -0.05) is 72.8 Å². The van der Waals surface area contributed by atoms with Gasteiger partial charge in [-0.05, 0) is 35.4 Å². The lowest BCUT2D eigenvalue weighted by atomic mass is 10.2. The molecule has 4 heterocycles. The van der Waals surface area contributed by atoms with Crippen LogP contribution in [0.15, 0.2) is 122 Å². The van der Waals surface area contributed by atoms with E-state index >= 15 is 0 Å². The van der Waals surface area contributed by atoms with Crippen LogP contribution >= 0.6 is 0 Å². The largest absolute Gasteiger partial charge is 0.316 e. The molecule has 0 saturated heterocycles. The minimum atomic E-state index is 0.759. The summed E-state index contributed by atoms with van der Waals surface area (Å²) in [4.78, 5) is 9.72. The average Bonchev–Trinajstić information content (AvgIpc) is 3.60. The number of nitrogens with zero attached hydrogens (tertiary/aromatic N) is 6. The van der Waals surface area contributed by atoms with Crippen LogP contribution in [-0.2, 0) is 13.1 Å². The van der Waals surface area contributed by atoms with Crippen LogP contribution in [0.4, 0.5) is 0 Å². The minimum Gasteiger partial charge on any atom is -0.316 e. The van der Waals surface area contributed by atoms with Crippen molar-refractivity contribution in [2.45, 2.75) is 13.1 Å². The van der Waals surface area contributed by atoms with Gasteiger partial charge in [0.25, 0.3) is 0 Å². The lowest BCUT2D eigenvalue weighted by molar-refractivity contribution is -0.691. The van der Waals surface area contributed by atoms with Gasteiger partial charge in [0.05, 0.1) is 24.5 Å². The van der Waals surface area contributed by atoms with Crippen LogP contribution < -0.4 is 9.13 Å². The molecule has 0 atom stereocenters. The van der Waals surface area contributed by atoms with Crippen LogP contribution in [-0.4, -0.2) is 19.1 Å². The Labute approximate surface area is 210 Å². The summed E-state index contributed by atoms with van der Waals surface area (Å²) in [6.07, 6.45) is 14.7. The van der Waals surface area contributed by atoms with Crippen molar-refractivity contribution in [2.75, 3.05) is 0 Å². The first-order valence-electron chi connectivity index (χ1n) is 11.8. The van der Waals surface area contributed by atoms with E-state index in [-0.39, 0.29) is 0 Å². The van der Waals surface area contributed by atoms with Crippen molar-refractivity contribution >= 4 is 0 Å². The van der Waals surface area contributed by atoms with E-state index in [0.717, 1.165) is 36.1 Å². The first-order chi connectivity index (χ1) is 17.8. The molecule has 4 aromatic heterocycles. The molecule has 174 valence electrons. The van der Waals surface area contributed by atoms with Crippen LogP contribution in [0.3, 0.4) is 0 Å². The topological polar surface area (TPSA) is 43.4 Å². The Bertz CT molecular complexity index is 1460. The highest BCUT2D eigenvalue weighted by molar-refractivity contribution is 5.56. The quantitative estimate of drug-likeness (QED) is 0.263. The highest BCUT2D eigenvalue weighted by atomic mass is 15.2. The molecular weight excluding hydrogens is 444 g/mol. The monoisotopic (exact) mass is 468 g/mol. The molecule has 0 amide bonds. The van der Waals surface area contributed by atoms with E-state index in [0.29, 0.717) is 0 Å². The molecule has 0 fully saturated rings. The second kappa shape index (κ2) is 9.80. The summed E-state index contributed by atoms with van der Waals surface area (Å²) in [6.45, 7) is 1.52. The number of imidazole rings is 2. The summed E-state index contributed by atoms with van der Waals surface area (Å²) in [5.41, 5.74) is 4.06. The zero-order valence-corrected chi connectivity index (χ0v) is 19.6. The van der Waals surface area contributed by atoms with E-state index in [9.17, 15) is 0 Å². The molecule has 0 aliphatic carbocycles. The third-order valence-corrected chi connectivity index (χ3v) is 5.88. The second-order valence-corrected chi connectivity index (χ2v) is 8.53. The molecular formula is C30H24N6. The van der Waals surface area contributed by atoms with E-state index in [1.807, 2.05) is 116 Å². The average molecular weight is 469 g/mol. The van der Waals surface area contributed by atoms with E-state index in [2.05, 4.69) is 36.9 Å². The number of pyridine rings is 2. The van der Waals surface area contributed by atoms with Crippen molar-refractivity contribution < 1.29 is 9.13 Å². The second-order valence-electron chi connectivity index (χ2n) is 8.53. The van der Waals surface area contributed by atoms with Crippen molar-refractivity contribution in [3.8, 4) is 23.0 Å². The van der Waals surface area contributed by atoms with Crippen LogP contribution in [0.5, 0.6) is 0 Å². The molecule has 0 saturated carbocycles. The lowest BCUT2D eigenvalue weighted by Crippen LogP contribution is -2.32. The van der Waals surface area contributed by atoms with Crippen molar-refractivity contribution in [1.82, 2.24) is 19.1 Å². The molecule has 2 aromatic carbocycles. The fourth-order valence-corrected chi connectivity index (χ4v) is 4.10. The summed E-state index contributed by atoms with van der Waals surface area (Å²) in [5.74, 6) is 1.58. The van der Waals surface area contributed by atoms with Crippen LogP contribution in [0.2, 0.25) is 0 Å². The third kappa shape index (κ3) is 4.83. The highest BCUT2D eigenvalue weighted by Crippen LogP contribution is 2.18. The molecule has 6 heteroatoms. The molecule has 0 aliphatic heterocycles. The maximum absolute atomic E-state index is 4.86. The molecule has 6 aromatic rings. The van der Waals surface area contributed by atoms with E-state index in [1.165, 1.54) is 11.1 Å². The Balaban J connectivity index is 1.22. The van der Waals surface area contributed by atoms with Gasteiger partial charge in [-0.3, -0.25) is 9.97 Å². The molecule has 0 unspecified atom stereocenters. The number of hydrogen-bond acceptors (Lipinski definition) is 2. The lowest BCUT2D eigenvalue weighted by Gasteiger charge is -2.08. The number of rotatable bonds is 7. The fraction of sp³-hybridized carbons (Fsp3) is 0.0667. The van der Waals surface area contributed by atoms with Crippen molar-refractivity contribution in [3.05, 3.63) is 146 Å². The number of hydrogen-bond donors (Lipinski definition) is 0. The summed E-state index contributed by atoms with van der Waals surface area (Å²) >= 11 is 0. The zero-order valence-electron chi connectivity index (χ0n) is 19.6. The first-order valence-corrected chi connectivity index (χ1v) is 11.8. The standard InChI is InChI=1S/C30H24N6/c1-3-9-25(10-4-1)21-33-17-19-35(23-33)29-15-7-13-27(31-29)28-14-8-16-30(32-28)36-20-18-34(24-36)22-26-11-5-2-6-12-26/h1-20H,21-22H2. The third-order valence-electron chi connectivity index (χ3n) is 5.88. The smallest absolute Gasteiger partial charge is 0.244 e. The van der Waals surface area contributed by atoms with Gasteiger partial charge in [-0.2, -0.15) is 0 Å². The minimum absolute atomic E-state index is 0.759. The van der Waals surface area contributed by atoms with Gasteiger partial charge in [-0.25, -0.2) is 0 Å². The fourth-order valence-electron chi connectivity index (χ4n) is 4.10. The predicted octanol–water partition coefficient (Wildman–Crippen LogP) is 4.00. The van der Waals surface area contributed by atoms with Gasteiger partial charge in [0.15, 0.2) is 0 Å². The Morgan fingerprint density at radius 1 is 0.528 bits per heavy atom. The molecule has 0 bridgehead atoms. The van der Waals surface area contributed by atoms with Crippen molar-refractivity contribution in [1.29, 1.82) is 0 Å².